The molecule has 0 saturated heterocycles. The maximum absolute atomic E-state index is 11.2. The number of carbonyl (C=O) groups excluding carboxylic acids is 2. The van der Waals surface area contributed by atoms with Crippen LogP contribution in [0.1, 0.15) is 19.8 Å². The Morgan fingerprint density at radius 1 is 1.46 bits per heavy atom. The van der Waals surface area contributed by atoms with E-state index in [0.29, 0.717) is 12.8 Å². The minimum atomic E-state index is -0.257. The molecule has 1 rings (SSSR count). The van der Waals surface area contributed by atoms with Crippen molar-refractivity contribution in [1.82, 2.24) is 4.90 Å². The van der Waals surface area contributed by atoms with Crippen molar-refractivity contribution in [2.75, 3.05) is 0 Å². The van der Waals surface area contributed by atoms with E-state index in [4.69, 9.17) is 6.42 Å². The Morgan fingerprint density at radius 3 is 2.38 bits per heavy atom. The first kappa shape index (κ1) is 9.53. The maximum atomic E-state index is 11.2. The van der Waals surface area contributed by atoms with Crippen LogP contribution in [0.25, 0.3) is 0 Å². The summed E-state index contributed by atoms with van der Waals surface area (Å²) in [5, 5.41) is 0. The van der Waals surface area contributed by atoms with E-state index in [9.17, 15) is 9.59 Å². The highest BCUT2D eigenvalue weighted by Gasteiger charge is 2.29. The SMILES string of the molecule is C#CCC(CC)N1C(=O)C=CC1=O. The zero-order chi connectivity index (χ0) is 9.84. The van der Waals surface area contributed by atoms with Gasteiger partial charge in [-0.25, -0.2) is 0 Å². The van der Waals surface area contributed by atoms with Crippen molar-refractivity contribution < 1.29 is 9.59 Å². The molecule has 1 unspecified atom stereocenters. The summed E-state index contributed by atoms with van der Waals surface area (Å²) in [7, 11) is 0. The number of nitrogens with zero attached hydrogens (tertiary/aromatic N) is 1. The van der Waals surface area contributed by atoms with Crippen LogP contribution in [0.15, 0.2) is 12.2 Å². The molecule has 0 aromatic rings. The molecule has 0 aliphatic carbocycles. The van der Waals surface area contributed by atoms with Crippen LogP contribution < -0.4 is 0 Å². The number of terminal acetylenes is 1. The van der Waals surface area contributed by atoms with Gasteiger partial charge in [-0.2, -0.15) is 0 Å². The molecular formula is C10H11NO2. The lowest BCUT2D eigenvalue weighted by molar-refractivity contribution is -0.139. The van der Waals surface area contributed by atoms with Gasteiger partial charge in [-0.3, -0.25) is 14.5 Å². The first-order valence-corrected chi connectivity index (χ1v) is 4.19. The lowest BCUT2D eigenvalue weighted by Crippen LogP contribution is -2.39. The molecule has 0 spiro atoms. The lowest BCUT2D eigenvalue weighted by Gasteiger charge is -2.22. The largest absolute Gasteiger partial charge is 0.271 e. The third-order valence-electron chi connectivity index (χ3n) is 2.03. The molecule has 13 heavy (non-hydrogen) atoms. The van der Waals surface area contributed by atoms with E-state index in [1.54, 1.807) is 0 Å². The Morgan fingerprint density at radius 2 is 2.00 bits per heavy atom. The Balaban J connectivity index is 2.75. The monoisotopic (exact) mass is 177 g/mol. The van der Waals surface area contributed by atoms with Gasteiger partial charge in [0, 0.05) is 18.6 Å². The van der Waals surface area contributed by atoms with Gasteiger partial charge in [-0.1, -0.05) is 6.92 Å². The van der Waals surface area contributed by atoms with E-state index in [0.717, 1.165) is 0 Å². The highest BCUT2D eigenvalue weighted by Crippen LogP contribution is 2.14. The van der Waals surface area contributed by atoms with Gasteiger partial charge in [-0.05, 0) is 6.42 Å². The number of imide groups is 1. The summed E-state index contributed by atoms with van der Waals surface area (Å²) in [5.74, 6) is 1.95. The van der Waals surface area contributed by atoms with Crippen LogP contribution in [0.3, 0.4) is 0 Å². The van der Waals surface area contributed by atoms with Crippen LogP contribution in [-0.2, 0) is 9.59 Å². The first-order chi connectivity index (χ1) is 6.20. The second-order valence-electron chi connectivity index (χ2n) is 2.85. The van der Waals surface area contributed by atoms with E-state index >= 15 is 0 Å². The third kappa shape index (κ3) is 1.78. The van der Waals surface area contributed by atoms with Crippen molar-refractivity contribution in [2.24, 2.45) is 0 Å². The van der Waals surface area contributed by atoms with Crippen LogP contribution in [0, 0.1) is 12.3 Å². The van der Waals surface area contributed by atoms with Gasteiger partial charge in [0.15, 0.2) is 0 Å². The van der Waals surface area contributed by atoms with Crippen LogP contribution >= 0.6 is 0 Å². The van der Waals surface area contributed by atoms with Crippen LogP contribution in [0.2, 0.25) is 0 Å². The second kappa shape index (κ2) is 3.90. The number of carbonyl (C=O) groups is 2. The van der Waals surface area contributed by atoms with E-state index < -0.39 is 0 Å². The van der Waals surface area contributed by atoms with E-state index in [-0.39, 0.29) is 17.9 Å². The van der Waals surface area contributed by atoms with Gasteiger partial charge in [0.1, 0.15) is 0 Å². The Labute approximate surface area is 77.4 Å². The molecule has 0 saturated carbocycles. The Hall–Kier alpha value is -1.56. The van der Waals surface area contributed by atoms with Crippen molar-refractivity contribution in [3.63, 3.8) is 0 Å². The summed E-state index contributed by atoms with van der Waals surface area (Å²) in [5.41, 5.74) is 0. The van der Waals surface area contributed by atoms with Crippen LogP contribution in [0.5, 0.6) is 0 Å². The molecule has 0 aromatic carbocycles. The van der Waals surface area contributed by atoms with Crippen molar-refractivity contribution in [2.45, 2.75) is 25.8 Å². The molecule has 1 heterocycles. The van der Waals surface area contributed by atoms with Gasteiger partial charge >= 0.3 is 0 Å². The number of amides is 2. The standard InChI is InChI=1S/C10H11NO2/c1-3-5-8(4-2)11-9(12)6-7-10(11)13/h1,6-8H,4-5H2,2H3. The molecule has 1 aliphatic heterocycles. The molecule has 0 bridgehead atoms. The summed E-state index contributed by atoms with van der Waals surface area (Å²) >= 11 is 0. The molecule has 1 atom stereocenters. The molecule has 0 N–H and O–H groups in total. The fourth-order valence-corrected chi connectivity index (χ4v) is 1.33. The topological polar surface area (TPSA) is 37.4 Å². The summed E-state index contributed by atoms with van der Waals surface area (Å²) < 4.78 is 0. The highest BCUT2D eigenvalue weighted by atomic mass is 16.2. The van der Waals surface area contributed by atoms with E-state index in [1.165, 1.54) is 17.1 Å². The molecule has 0 radical (unpaired) electrons. The smallest absolute Gasteiger partial charge is 0.253 e. The number of hydrogen-bond donors (Lipinski definition) is 0. The molecule has 1 aliphatic rings. The lowest BCUT2D eigenvalue weighted by atomic mass is 10.1. The third-order valence-corrected chi connectivity index (χ3v) is 2.03. The first-order valence-electron chi connectivity index (χ1n) is 4.19. The van der Waals surface area contributed by atoms with Gasteiger partial charge in [0.05, 0.1) is 6.04 Å². The van der Waals surface area contributed by atoms with Crippen molar-refractivity contribution >= 4 is 11.8 Å². The van der Waals surface area contributed by atoms with Crippen LogP contribution in [-0.4, -0.2) is 22.8 Å². The van der Waals surface area contributed by atoms with Gasteiger partial charge in [0.2, 0.25) is 0 Å². The summed E-state index contributed by atoms with van der Waals surface area (Å²) in [6.45, 7) is 1.90. The van der Waals surface area contributed by atoms with E-state index in [1.807, 2.05) is 6.92 Å². The second-order valence-corrected chi connectivity index (χ2v) is 2.85. The highest BCUT2D eigenvalue weighted by molar-refractivity contribution is 6.13. The molecule has 68 valence electrons. The minimum Gasteiger partial charge on any atom is -0.271 e. The Kier molecular flexibility index (Phi) is 2.86. The fraction of sp³-hybridized carbons (Fsp3) is 0.400. The minimum absolute atomic E-state index is 0.153. The van der Waals surface area contributed by atoms with Crippen molar-refractivity contribution in [3.05, 3.63) is 12.2 Å². The maximum Gasteiger partial charge on any atom is 0.253 e. The average Bonchev–Trinajstić information content (AvgIpc) is 2.43. The quantitative estimate of drug-likeness (QED) is 0.470. The summed E-state index contributed by atoms with van der Waals surface area (Å²) in [4.78, 5) is 23.6. The summed E-state index contributed by atoms with van der Waals surface area (Å²) in [6.07, 6.45) is 8.83. The summed E-state index contributed by atoms with van der Waals surface area (Å²) in [6, 6.07) is -0.153. The fourth-order valence-electron chi connectivity index (χ4n) is 1.33. The van der Waals surface area contributed by atoms with Crippen LogP contribution in [0.4, 0.5) is 0 Å². The normalized spacial score (nSPS) is 17.7. The molecule has 0 fully saturated rings. The zero-order valence-corrected chi connectivity index (χ0v) is 7.49. The van der Waals surface area contributed by atoms with Gasteiger partial charge in [-0.15, -0.1) is 12.3 Å². The average molecular weight is 177 g/mol. The molecule has 3 nitrogen and oxygen atoms in total. The predicted molar refractivity (Wildman–Crippen MR) is 48.5 cm³/mol. The number of rotatable bonds is 3. The molecule has 2 amide bonds. The predicted octanol–water partition coefficient (Wildman–Crippen LogP) is 0.713. The molecule has 0 aromatic heterocycles. The van der Waals surface area contributed by atoms with Gasteiger partial charge < -0.3 is 0 Å². The zero-order valence-electron chi connectivity index (χ0n) is 7.49. The van der Waals surface area contributed by atoms with Crippen molar-refractivity contribution in [1.29, 1.82) is 0 Å². The van der Waals surface area contributed by atoms with E-state index in [2.05, 4.69) is 5.92 Å². The Bertz CT molecular complexity index is 281. The molecular weight excluding hydrogens is 166 g/mol. The van der Waals surface area contributed by atoms with Gasteiger partial charge in [0.25, 0.3) is 11.8 Å². The molecule has 3 heteroatoms. The number of hydrogen-bond acceptors (Lipinski definition) is 2. The van der Waals surface area contributed by atoms with Crippen molar-refractivity contribution in [3.8, 4) is 12.3 Å².